The standard InChI is InChI=1S/C29H49N2O/c1-2-3-4-5-6-7-8-9-10-11-12-13-14-15-19-22-29-30-23-24-31(29,25-26-32)27-28-20-17-16-18-21-28/h16-22,32H,2-15,23-27H2,1H3/q+1/b22-19+. The number of aliphatic hydroxyl groups excluding tert-OH is 1. The molecular weight excluding hydrogens is 392 g/mol. The van der Waals surface area contributed by atoms with E-state index >= 15 is 0 Å². The van der Waals surface area contributed by atoms with Crippen molar-refractivity contribution in [3.8, 4) is 0 Å². The number of hydrogen-bond donors (Lipinski definition) is 1. The van der Waals surface area contributed by atoms with E-state index in [1.54, 1.807) is 0 Å². The molecule has 1 aromatic rings. The van der Waals surface area contributed by atoms with Gasteiger partial charge in [0.1, 0.15) is 19.6 Å². The van der Waals surface area contributed by atoms with Crippen LogP contribution in [-0.4, -0.2) is 41.7 Å². The Hall–Kier alpha value is -1.45. The number of nitrogens with zero attached hydrogens (tertiary/aromatic N) is 2. The van der Waals surface area contributed by atoms with Crippen LogP contribution in [0.25, 0.3) is 0 Å². The zero-order valence-corrected chi connectivity index (χ0v) is 20.8. The van der Waals surface area contributed by atoms with E-state index in [4.69, 9.17) is 4.99 Å². The van der Waals surface area contributed by atoms with Crippen LogP contribution in [0.3, 0.4) is 0 Å². The third-order valence-electron chi connectivity index (χ3n) is 6.89. The van der Waals surface area contributed by atoms with Gasteiger partial charge in [0.25, 0.3) is 0 Å². The van der Waals surface area contributed by atoms with Crippen LogP contribution in [0.5, 0.6) is 0 Å². The van der Waals surface area contributed by atoms with E-state index in [1.165, 1.54) is 89.0 Å². The van der Waals surface area contributed by atoms with E-state index in [2.05, 4.69) is 49.4 Å². The minimum atomic E-state index is 0.207. The minimum absolute atomic E-state index is 0.207. The Kier molecular flexibility index (Phi) is 14.3. The van der Waals surface area contributed by atoms with Gasteiger partial charge in [-0.25, -0.2) is 4.99 Å². The highest BCUT2D eigenvalue weighted by Gasteiger charge is 2.36. The van der Waals surface area contributed by atoms with Crippen LogP contribution in [0.15, 0.2) is 47.5 Å². The summed E-state index contributed by atoms with van der Waals surface area (Å²) >= 11 is 0. The summed E-state index contributed by atoms with van der Waals surface area (Å²) in [4.78, 5) is 4.80. The van der Waals surface area contributed by atoms with E-state index in [9.17, 15) is 5.11 Å². The molecule has 1 unspecified atom stereocenters. The molecule has 3 nitrogen and oxygen atoms in total. The quantitative estimate of drug-likeness (QED) is 0.175. The van der Waals surface area contributed by atoms with Gasteiger partial charge in [-0.05, 0) is 12.8 Å². The molecule has 1 atom stereocenters. The minimum Gasteiger partial charge on any atom is -0.390 e. The summed E-state index contributed by atoms with van der Waals surface area (Å²) in [7, 11) is 0. The number of unbranched alkanes of at least 4 members (excludes halogenated alkanes) is 13. The number of allylic oxidation sites excluding steroid dienone is 1. The smallest absolute Gasteiger partial charge is 0.223 e. The van der Waals surface area contributed by atoms with Crippen molar-refractivity contribution < 1.29 is 9.59 Å². The van der Waals surface area contributed by atoms with Crippen molar-refractivity contribution in [1.82, 2.24) is 0 Å². The maximum Gasteiger partial charge on any atom is 0.223 e. The Morgan fingerprint density at radius 3 is 2.03 bits per heavy atom. The summed E-state index contributed by atoms with van der Waals surface area (Å²) in [5.41, 5.74) is 1.32. The number of rotatable bonds is 19. The van der Waals surface area contributed by atoms with Crippen LogP contribution in [-0.2, 0) is 6.54 Å². The highest BCUT2D eigenvalue weighted by Crippen LogP contribution is 2.21. The van der Waals surface area contributed by atoms with E-state index in [0.29, 0.717) is 0 Å². The molecule has 1 aliphatic heterocycles. The average molecular weight is 442 g/mol. The zero-order chi connectivity index (χ0) is 22.7. The second kappa shape index (κ2) is 17.1. The van der Waals surface area contributed by atoms with Crippen molar-refractivity contribution in [3.63, 3.8) is 0 Å². The fraction of sp³-hybridized carbons (Fsp3) is 0.690. The maximum atomic E-state index is 9.70. The van der Waals surface area contributed by atoms with E-state index in [-0.39, 0.29) is 6.61 Å². The molecule has 3 heteroatoms. The molecule has 0 aromatic heterocycles. The average Bonchev–Trinajstić information content (AvgIpc) is 3.19. The summed E-state index contributed by atoms with van der Waals surface area (Å²) in [6, 6.07) is 10.6. The second-order valence-corrected chi connectivity index (χ2v) is 9.63. The maximum absolute atomic E-state index is 9.70. The molecule has 32 heavy (non-hydrogen) atoms. The lowest BCUT2D eigenvalue weighted by Gasteiger charge is -2.33. The first kappa shape index (κ1) is 26.8. The van der Waals surface area contributed by atoms with Gasteiger partial charge in [0.05, 0.1) is 13.2 Å². The zero-order valence-electron chi connectivity index (χ0n) is 20.8. The van der Waals surface area contributed by atoms with Gasteiger partial charge in [0.2, 0.25) is 5.84 Å². The van der Waals surface area contributed by atoms with Crippen molar-refractivity contribution in [2.75, 3.05) is 26.2 Å². The van der Waals surface area contributed by atoms with E-state index in [0.717, 1.165) is 42.9 Å². The van der Waals surface area contributed by atoms with Gasteiger partial charge < -0.3 is 5.11 Å². The lowest BCUT2D eigenvalue weighted by atomic mass is 10.0. The highest BCUT2D eigenvalue weighted by molar-refractivity contribution is 5.88. The first-order valence-electron chi connectivity index (χ1n) is 13.5. The van der Waals surface area contributed by atoms with E-state index in [1.807, 2.05) is 0 Å². The first-order chi connectivity index (χ1) is 15.8. The predicted molar refractivity (Wildman–Crippen MR) is 139 cm³/mol. The molecule has 0 fully saturated rings. The van der Waals surface area contributed by atoms with Gasteiger partial charge in [0, 0.05) is 11.6 Å². The molecule has 1 N–H and O–H groups in total. The normalized spacial score (nSPS) is 18.5. The second-order valence-electron chi connectivity index (χ2n) is 9.63. The molecule has 0 radical (unpaired) electrons. The van der Waals surface area contributed by atoms with Crippen LogP contribution in [0, 0.1) is 0 Å². The van der Waals surface area contributed by atoms with Crippen LogP contribution in [0.4, 0.5) is 0 Å². The summed E-state index contributed by atoms with van der Waals surface area (Å²) in [5, 5.41) is 9.70. The molecule has 180 valence electrons. The van der Waals surface area contributed by atoms with E-state index < -0.39 is 0 Å². The van der Waals surface area contributed by atoms with Crippen LogP contribution < -0.4 is 0 Å². The largest absolute Gasteiger partial charge is 0.390 e. The molecule has 0 aliphatic carbocycles. The molecule has 0 amide bonds. The van der Waals surface area contributed by atoms with Crippen molar-refractivity contribution in [3.05, 3.63) is 48.0 Å². The Balaban J connectivity index is 1.56. The van der Waals surface area contributed by atoms with Gasteiger partial charge in [-0.3, -0.25) is 4.48 Å². The van der Waals surface area contributed by atoms with Crippen LogP contribution >= 0.6 is 0 Å². The fourth-order valence-electron chi connectivity index (χ4n) is 4.89. The van der Waals surface area contributed by atoms with Crippen LogP contribution in [0.2, 0.25) is 0 Å². The summed E-state index contributed by atoms with van der Waals surface area (Å²) < 4.78 is 0.787. The van der Waals surface area contributed by atoms with Gasteiger partial charge in [-0.15, -0.1) is 0 Å². The lowest BCUT2D eigenvalue weighted by molar-refractivity contribution is -0.848. The molecular formula is C29H49N2O+. The monoisotopic (exact) mass is 441 g/mol. The molecule has 0 saturated heterocycles. The highest BCUT2D eigenvalue weighted by atomic mass is 16.3. The van der Waals surface area contributed by atoms with Gasteiger partial charge in [-0.2, -0.15) is 0 Å². The SMILES string of the molecule is CCCCCCCCCCCCCCC/C=C/C1=NCC[N+]1(CCO)Cc1ccccc1. The van der Waals surface area contributed by atoms with Crippen LogP contribution in [0.1, 0.15) is 102 Å². The molecule has 1 heterocycles. The Morgan fingerprint density at radius 2 is 1.44 bits per heavy atom. The molecule has 0 saturated carbocycles. The molecule has 0 bridgehead atoms. The first-order valence-corrected chi connectivity index (χ1v) is 13.5. The van der Waals surface area contributed by atoms with Gasteiger partial charge in [-0.1, -0.05) is 120 Å². The number of amidine groups is 1. The predicted octanol–water partition coefficient (Wildman–Crippen LogP) is 7.45. The third kappa shape index (κ3) is 10.4. The number of benzene rings is 1. The number of aliphatic imine (C=N–C) groups is 1. The van der Waals surface area contributed by atoms with Crippen molar-refractivity contribution in [2.45, 2.75) is 103 Å². The lowest BCUT2D eigenvalue weighted by Crippen LogP contribution is -2.51. The molecule has 1 aliphatic rings. The van der Waals surface area contributed by atoms with Gasteiger partial charge in [0.15, 0.2) is 0 Å². The molecule has 2 rings (SSSR count). The third-order valence-corrected chi connectivity index (χ3v) is 6.89. The molecule has 1 aromatic carbocycles. The Labute approximate surface area is 198 Å². The summed E-state index contributed by atoms with van der Waals surface area (Å²) in [6.45, 7) is 6.02. The number of hydrogen-bond acceptors (Lipinski definition) is 2. The van der Waals surface area contributed by atoms with Crippen molar-refractivity contribution in [1.29, 1.82) is 0 Å². The fourth-order valence-corrected chi connectivity index (χ4v) is 4.89. The van der Waals surface area contributed by atoms with Crippen molar-refractivity contribution in [2.24, 2.45) is 4.99 Å². The molecule has 0 spiro atoms. The topological polar surface area (TPSA) is 32.6 Å². The Bertz CT molecular complexity index is 640. The summed E-state index contributed by atoms with van der Waals surface area (Å²) in [5.74, 6) is 1.15. The Morgan fingerprint density at radius 1 is 0.844 bits per heavy atom. The number of aliphatic hydroxyl groups is 1. The number of quaternary nitrogens is 1. The van der Waals surface area contributed by atoms with Gasteiger partial charge >= 0.3 is 0 Å². The summed E-state index contributed by atoms with van der Waals surface area (Å²) in [6.07, 6.45) is 23.9. The van der Waals surface area contributed by atoms with Crippen molar-refractivity contribution >= 4 is 5.84 Å².